The van der Waals surface area contributed by atoms with Crippen LogP contribution in [-0.2, 0) is 19.3 Å². The molecule has 80 valence electrons. The van der Waals surface area contributed by atoms with Crippen LogP contribution in [-0.4, -0.2) is 26.7 Å². The molecule has 0 aromatic heterocycles. The molecule has 0 N–H and O–H groups in total. The Kier molecular flexibility index (Phi) is 7.65. The van der Waals surface area contributed by atoms with E-state index in [1.807, 2.05) is 6.92 Å². The summed E-state index contributed by atoms with van der Waals surface area (Å²) in [5.41, 5.74) is 0. The zero-order valence-corrected chi connectivity index (χ0v) is 9.23. The summed E-state index contributed by atoms with van der Waals surface area (Å²) in [6.07, 6.45) is 2.09. The van der Waals surface area contributed by atoms with Crippen LogP contribution in [0.5, 0.6) is 0 Å². The van der Waals surface area contributed by atoms with Crippen molar-refractivity contribution in [3.05, 3.63) is 0 Å². The van der Waals surface area contributed by atoms with Gasteiger partial charge >= 0.3 is 0 Å². The smallest absolute Gasteiger partial charge is 0.220 e. The first kappa shape index (κ1) is 13.2. The summed E-state index contributed by atoms with van der Waals surface area (Å²) >= 11 is 5.33. The summed E-state index contributed by atoms with van der Waals surface area (Å²) in [6.45, 7) is 2.28. The fraction of sp³-hybridized carbons (Fsp3) is 1.00. The third kappa shape index (κ3) is 8.49. The fourth-order valence-electron chi connectivity index (χ4n) is 0.576. The molecule has 0 aliphatic heterocycles. The molecule has 0 aromatic carbocycles. The van der Waals surface area contributed by atoms with E-state index in [0.717, 1.165) is 12.8 Å². The van der Waals surface area contributed by atoms with E-state index >= 15 is 0 Å². The van der Waals surface area contributed by atoms with E-state index in [1.165, 1.54) is 0 Å². The summed E-state index contributed by atoms with van der Waals surface area (Å²) in [6, 6.07) is 0. The van der Waals surface area contributed by atoms with Crippen molar-refractivity contribution in [2.24, 2.45) is 0 Å². The third-order valence-electron chi connectivity index (χ3n) is 1.26. The van der Waals surface area contributed by atoms with Gasteiger partial charge in [-0.25, -0.2) is 4.89 Å². The predicted octanol–water partition coefficient (Wildman–Crippen LogP) is 1.69. The molecule has 0 bridgehead atoms. The lowest BCUT2D eigenvalue weighted by atomic mass is 10.4. The maximum Gasteiger partial charge on any atom is 0.293 e. The second-order valence-electron chi connectivity index (χ2n) is 2.55. The first-order valence-electron chi connectivity index (χ1n) is 4.22. The van der Waals surface area contributed by atoms with Crippen molar-refractivity contribution in [3.8, 4) is 0 Å². The summed E-state index contributed by atoms with van der Waals surface area (Å²) in [7, 11) is -3.53. The fourth-order valence-corrected chi connectivity index (χ4v) is 1.65. The van der Waals surface area contributed by atoms with Crippen molar-refractivity contribution in [2.45, 2.75) is 26.2 Å². The largest absolute Gasteiger partial charge is 0.293 e. The average Bonchev–Trinajstić information content (AvgIpc) is 2.09. The van der Waals surface area contributed by atoms with Crippen molar-refractivity contribution in [1.82, 2.24) is 0 Å². The van der Waals surface area contributed by atoms with Crippen LogP contribution in [0.1, 0.15) is 26.2 Å². The molecule has 0 aliphatic rings. The molecule has 0 spiro atoms. The Hall–Kier alpha value is 0.160. The standard InChI is InChI=1S/C7H15ClO4S/c1-2-3-6-11-12-13(9,10)7-4-5-8/h2-7H2,1H3. The Labute approximate surface area is 84.2 Å². The van der Waals surface area contributed by atoms with Gasteiger partial charge in [0, 0.05) is 5.88 Å². The van der Waals surface area contributed by atoms with Gasteiger partial charge in [0.2, 0.25) is 0 Å². The van der Waals surface area contributed by atoms with Crippen LogP contribution >= 0.6 is 11.6 Å². The highest BCUT2D eigenvalue weighted by Crippen LogP contribution is 1.99. The molecule has 0 fully saturated rings. The highest BCUT2D eigenvalue weighted by molar-refractivity contribution is 7.86. The van der Waals surface area contributed by atoms with Crippen molar-refractivity contribution in [2.75, 3.05) is 18.2 Å². The number of hydrogen-bond donors (Lipinski definition) is 0. The molecule has 0 radical (unpaired) electrons. The Balaban J connectivity index is 3.52. The predicted molar refractivity (Wildman–Crippen MR) is 51.1 cm³/mol. The summed E-state index contributed by atoms with van der Waals surface area (Å²) in [4.78, 5) is 4.50. The second-order valence-corrected chi connectivity index (χ2v) is 4.59. The van der Waals surface area contributed by atoms with E-state index in [9.17, 15) is 8.42 Å². The third-order valence-corrected chi connectivity index (χ3v) is 2.62. The van der Waals surface area contributed by atoms with Crippen molar-refractivity contribution in [1.29, 1.82) is 0 Å². The Bertz CT molecular complexity index is 203. The van der Waals surface area contributed by atoms with Crippen LogP contribution in [0, 0.1) is 0 Å². The van der Waals surface area contributed by atoms with Gasteiger partial charge < -0.3 is 0 Å². The van der Waals surface area contributed by atoms with Crippen molar-refractivity contribution in [3.63, 3.8) is 0 Å². The molecule has 6 heteroatoms. The molecule has 0 saturated carbocycles. The molecule has 4 nitrogen and oxygen atoms in total. The average molecular weight is 231 g/mol. The maximum atomic E-state index is 10.9. The topological polar surface area (TPSA) is 52.6 Å². The van der Waals surface area contributed by atoms with Gasteiger partial charge in [-0.2, -0.15) is 8.42 Å². The monoisotopic (exact) mass is 230 g/mol. The minimum Gasteiger partial charge on any atom is -0.220 e. The molecular formula is C7H15ClO4S. The van der Waals surface area contributed by atoms with E-state index < -0.39 is 10.1 Å². The molecule has 0 unspecified atom stereocenters. The van der Waals surface area contributed by atoms with Crippen molar-refractivity contribution >= 4 is 21.7 Å². The van der Waals surface area contributed by atoms with Gasteiger partial charge in [0.15, 0.2) is 0 Å². The normalized spacial score (nSPS) is 11.8. The van der Waals surface area contributed by atoms with Gasteiger partial charge in [-0.15, -0.1) is 15.9 Å². The molecule has 0 aromatic rings. The van der Waals surface area contributed by atoms with Crippen LogP contribution in [0.3, 0.4) is 0 Å². The Morgan fingerprint density at radius 1 is 1.31 bits per heavy atom. The van der Waals surface area contributed by atoms with E-state index in [1.54, 1.807) is 0 Å². The lowest BCUT2D eigenvalue weighted by molar-refractivity contribution is -0.201. The molecular weight excluding hydrogens is 216 g/mol. The van der Waals surface area contributed by atoms with Gasteiger partial charge in [-0.3, -0.25) is 0 Å². The summed E-state index contributed by atoms with van der Waals surface area (Å²) in [5, 5.41) is 0. The van der Waals surface area contributed by atoms with Gasteiger partial charge in [0.05, 0.1) is 12.4 Å². The first-order chi connectivity index (χ1) is 6.12. The van der Waals surface area contributed by atoms with Crippen LogP contribution in [0.25, 0.3) is 0 Å². The van der Waals surface area contributed by atoms with Crippen LogP contribution in [0.4, 0.5) is 0 Å². The van der Waals surface area contributed by atoms with E-state index in [2.05, 4.69) is 9.22 Å². The zero-order chi connectivity index (χ0) is 10.2. The molecule has 0 aliphatic carbocycles. The highest BCUT2D eigenvalue weighted by Gasteiger charge is 2.11. The molecule has 0 atom stereocenters. The van der Waals surface area contributed by atoms with Gasteiger partial charge in [0.1, 0.15) is 0 Å². The molecule has 0 saturated heterocycles. The first-order valence-corrected chi connectivity index (χ1v) is 6.33. The van der Waals surface area contributed by atoms with Crippen LogP contribution < -0.4 is 0 Å². The lowest BCUT2D eigenvalue weighted by Crippen LogP contribution is -2.12. The minimum absolute atomic E-state index is 0.0946. The Morgan fingerprint density at radius 2 is 2.00 bits per heavy atom. The lowest BCUT2D eigenvalue weighted by Gasteiger charge is -2.02. The number of rotatable bonds is 8. The molecule has 0 heterocycles. The molecule has 0 amide bonds. The zero-order valence-electron chi connectivity index (χ0n) is 7.66. The number of unbranched alkanes of at least 4 members (excludes halogenated alkanes) is 1. The number of halogens is 1. The minimum atomic E-state index is -3.53. The van der Waals surface area contributed by atoms with Crippen LogP contribution in [0.2, 0.25) is 0 Å². The van der Waals surface area contributed by atoms with Gasteiger partial charge in [-0.1, -0.05) is 13.3 Å². The molecule has 13 heavy (non-hydrogen) atoms. The maximum absolute atomic E-state index is 10.9. The summed E-state index contributed by atoms with van der Waals surface area (Å²) in [5.74, 6) is 0.209. The SMILES string of the molecule is CCCCOOS(=O)(=O)CCCCl. The Morgan fingerprint density at radius 3 is 2.54 bits per heavy atom. The number of alkyl halides is 1. The van der Waals surface area contributed by atoms with Crippen LogP contribution in [0.15, 0.2) is 0 Å². The van der Waals surface area contributed by atoms with E-state index in [-0.39, 0.29) is 5.75 Å². The molecule has 0 rings (SSSR count). The summed E-state index contributed by atoms with van der Waals surface area (Å²) < 4.78 is 26.1. The van der Waals surface area contributed by atoms with Gasteiger partial charge in [-0.05, 0) is 12.8 Å². The van der Waals surface area contributed by atoms with E-state index in [4.69, 9.17) is 11.6 Å². The van der Waals surface area contributed by atoms with Crippen molar-refractivity contribution < 1.29 is 17.6 Å². The second kappa shape index (κ2) is 7.55. The quantitative estimate of drug-likeness (QED) is 0.276. The number of hydrogen-bond acceptors (Lipinski definition) is 4. The van der Waals surface area contributed by atoms with Gasteiger partial charge in [0.25, 0.3) is 10.1 Å². The van der Waals surface area contributed by atoms with E-state index in [0.29, 0.717) is 18.9 Å². The highest BCUT2D eigenvalue weighted by atomic mass is 35.5.